The van der Waals surface area contributed by atoms with Gasteiger partial charge in [-0.15, -0.1) is 0 Å². The van der Waals surface area contributed by atoms with Gasteiger partial charge in [0.15, 0.2) is 13.6 Å². The molecule has 0 aliphatic carbocycles. The monoisotopic (exact) mass is 114 g/mol. The smallest absolute Gasteiger partial charge is 0.161 e. The van der Waals surface area contributed by atoms with Crippen molar-refractivity contribution in [2.75, 3.05) is 6.16 Å². The third kappa shape index (κ3) is 0.420. The van der Waals surface area contributed by atoms with Crippen LogP contribution in [0, 0.1) is 0 Å². The van der Waals surface area contributed by atoms with Gasteiger partial charge in [-0.05, 0) is 18.9 Å². The Morgan fingerprint density at radius 1 is 1.71 bits per heavy atom. The van der Waals surface area contributed by atoms with Crippen LogP contribution in [-0.2, 0) is 4.52 Å². The molecule has 7 heavy (non-hydrogen) atoms. The summed E-state index contributed by atoms with van der Waals surface area (Å²) in [5.74, 6) is 0. The lowest BCUT2D eigenvalue weighted by atomic mass is 10.3. The molecule has 2 aliphatic rings. The van der Waals surface area contributed by atoms with Crippen molar-refractivity contribution in [3.8, 4) is 0 Å². The summed E-state index contributed by atoms with van der Waals surface area (Å²) in [6.07, 6.45) is 2.62. The van der Waals surface area contributed by atoms with Crippen LogP contribution in [0.15, 0.2) is 11.1 Å². The minimum absolute atomic E-state index is 0.0419. The number of rotatable bonds is 0. The third-order valence-corrected chi connectivity index (χ3v) is 3.24. The van der Waals surface area contributed by atoms with Crippen LogP contribution >= 0.6 is 8.15 Å². The minimum Gasteiger partial charge on any atom is -0.462 e. The van der Waals surface area contributed by atoms with E-state index in [1.54, 1.807) is 0 Å². The molecule has 0 spiro atoms. The van der Waals surface area contributed by atoms with Crippen LogP contribution in [0.4, 0.5) is 0 Å². The van der Waals surface area contributed by atoms with Crippen LogP contribution in [-0.4, -0.2) is 6.16 Å². The zero-order chi connectivity index (χ0) is 4.85. The molecule has 0 aromatic heterocycles. The molecular weight excluding hydrogens is 107 g/mol. The second-order valence-corrected chi connectivity index (χ2v) is 3.82. The van der Waals surface area contributed by atoms with Crippen LogP contribution in [0.2, 0.25) is 0 Å². The van der Waals surface area contributed by atoms with E-state index in [0.29, 0.717) is 0 Å². The first kappa shape index (κ1) is 3.91. The Kier molecular flexibility index (Phi) is 0.575. The standard InChI is InChI=1S/C5H7OP/c1-4-2-3-7-5(4)6-7/h2-3H2,1H3. The summed E-state index contributed by atoms with van der Waals surface area (Å²) in [7, 11) is 0.0419. The lowest BCUT2D eigenvalue weighted by Crippen LogP contribution is -1.72. The normalized spacial score (nSPS) is 35.3. The molecule has 1 fully saturated rings. The maximum absolute atomic E-state index is 5.21. The molecule has 0 aromatic rings. The highest BCUT2D eigenvalue weighted by Crippen LogP contribution is 2.71. The van der Waals surface area contributed by atoms with E-state index in [1.165, 1.54) is 23.7 Å². The molecule has 0 aromatic carbocycles. The predicted octanol–water partition coefficient (Wildman–Crippen LogP) is 2.05. The topological polar surface area (TPSA) is 12.5 Å². The molecule has 1 nitrogen and oxygen atoms in total. The first-order valence-electron chi connectivity index (χ1n) is 2.53. The second-order valence-electron chi connectivity index (χ2n) is 2.03. The van der Waals surface area contributed by atoms with E-state index < -0.39 is 0 Å². The molecule has 0 radical (unpaired) electrons. The summed E-state index contributed by atoms with van der Waals surface area (Å²) in [4.78, 5) is 0. The van der Waals surface area contributed by atoms with Crippen LogP contribution in [0.3, 0.4) is 0 Å². The van der Waals surface area contributed by atoms with Gasteiger partial charge in [-0.3, -0.25) is 0 Å². The van der Waals surface area contributed by atoms with E-state index in [0.717, 1.165) is 0 Å². The van der Waals surface area contributed by atoms with E-state index in [2.05, 4.69) is 6.92 Å². The SMILES string of the molecule is CC1=C2OP2CC1. The zero-order valence-corrected chi connectivity index (χ0v) is 5.16. The highest BCUT2D eigenvalue weighted by atomic mass is 31.2. The fourth-order valence-electron chi connectivity index (χ4n) is 0.898. The Balaban J connectivity index is 2.36. The second kappa shape index (κ2) is 1.03. The van der Waals surface area contributed by atoms with Crippen molar-refractivity contribution < 1.29 is 4.52 Å². The molecular formula is C5H7OP. The fraction of sp³-hybridized carbons (Fsp3) is 0.600. The first-order chi connectivity index (χ1) is 3.38. The Bertz CT molecular complexity index is 139. The third-order valence-electron chi connectivity index (χ3n) is 1.45. The molecule has 2 rings (SSSR count). The van der Waals surface area contributed by atoms with Crippen molar-refractivity contribution in [3.05, 3.63) is 11.1 Å². The van der Waals surface area contributed by atoms with Gasteiger partial charge in [0.25, 0.3) is 0 Å². The summed E-state index contributed by atoms with van der Waals surface area (Å²) in [5, 5.41) is 0. The van der Waals surface area contributed by atoms with Gasteiger partial charge in [0.05, 0.1) is 0 Å². The van der Waals surface area contributed by atoms with Crippen molar-refractivity contribution >= 4 is 8.15 Å². The van der Waals surface area contributed by atoms with Gasteiger partial charge < -0.3 is 4.52 Å². The predicted molar refractivity (Wildman–Crippen MR) is 30.2 cm³/mol. The van der Waals surface area contributed by atoms with Crippen LogP contribution in [0.5, 0.6) is 0 Å². The Labute approximate surface area is 44.2 Å². The first-order valence-corrected chi connectivity index (χ1v) is 3.97. The van der Waals surface area contributed by atoms with Gasteiger partial charge in [0, 0.05) is 6.16 Å². The molecule has 2 heterocycles. The summed E-state index contributed by atoms with van der Waals surface area (Å²) in [6, 6.07) is 0. The largest absolute Gasteiger partial charge is 0.462 e. The lowest BCUT2D eigenvalue weighted by Gasteiger charge is -1.86. The summed E-state index contributed by atoms with van der Waals surface area (Å²) >= 11 is 0. The molecule has 1 atom stereocenters. The summed E-state index contributed by atoms with van der Waals surface area (Å²) in [5.41, 5.74) is 2.86. The van der Waals surface area contributed by atoms with Crippen LogP contribution in [0.25, 0.3) is 0 Å². The van der Waals surface area contributed by atoms with Gasteiger partial charge in [0.2, 0.25) is 0 Å². The molecule has 0 amide bonds. The van der Waals surface area contributed by atoms with Crippen molar-refractivity contribution in [3.63, 3.8) is 0 Å². The molecule has 0 saturated carbocycles. The maximum Gasteiger partial charge on any atom is 0.161 e. The van der Waals surface area contributed by atoms with E-state index in [-0.39, 0.29) is 8.15 Å². The average Bonchev–Trinajstić information content (AvgIpc) is 2.33. The van der Waals surface area contributed by atoms with Gasteiger partial charge in [0.1, 0.15) is 0 Å². The highest BCUT2D eigenvalue weighted by molar-refractivity contribution is 7.64. The van der Waals surface area contributed by atoms with Gasteiger partial charge >= 0.3 is 0 Å². The Morgan fingerprint density at radius 2 is 2.57 bits per heavy atom. The van der Waals surface area contributed by atoms with Crippen LogP contribution < -0.4 is 0 Å². The van der Waals surface area contributed by atoms with E-state index >= 15 is 0 Å². The molecule has 0 N–H and O–H groups in total. The summed E-state index contributed by atoms with van der Waals surface area (Å²) < 4.78 is 5.21. The average molecular weight is 114 g/mol. The molecule has 38 valence electrons. The minimum atomic E-state index is 0.0419. The van der Waals surface area contributed by atoms with Gasteiger partial charge in [-0.1, -0.05) is 0 Å². The van der Waals surface area contributed by atoms with E-state index in [9.17, 15) is 0 Å². The maximum atomic E-state index is 5.21. The van der Waals surface area contributed by atoms with Gasteiger partial charge in [-0.25, -0.2) is 0 Å². The molecule has 1 unspecified atom stereocenters. The van der Waals surface area contributed by atoms with E-state index in [1.807, 2.05) is 0 Å². The molecule has 2 aliphatic heterocycles. The molecule has 2 heteroatoms. The zero-order valence-electron chi connectivity index (χ0n) is 4.27. The van der Waals surface area contributed by atoms with Crippen molar-refractivity contribution in [1.82, 2.24) is 0 Å². The number of hydrogen-bond acceptors (Lipinski definition) is 1. The molecule has 0 bridgehead atoms. The van der Waals surface area contributed by atoms with Crippen molar-refractivity contribution in [2.24, 2.45) is 0 Å². The summed E-state index contributed by atoms with van der Waals surface area (Å²) in [6.45, 7) is 2.17. The van der Waals surface area contributed by atoms with Crippen molar-refractivity contribution in [2.45, 2.75) is 13.3 Å². The van der Waals surface area contributed by atoms with E-state index in [4.69, 9.17) is 4.52 Å². The molecule has 1 saturated heterocycles. The number of hydrogen-bond donors (Lipinski definition) is 0. The highest BCUT2D eigenvalue weighted by Gasteiger charge is 2.40. The van der Waals surface area contributed by atoms with Gasteiger partial charge in [-0.2, -0.15) is 0 Å². The Hall–Kier alpha value is -0.0300. The lowest BCUT2D eigenvalue weighted by molar-refractivity contribution is 0.616. The number of allylic oxidation sites excluding steroid dienone is 1. The Morgan fingerprint density at radius 3 is 2.71 bits per heavy atom. The number of fused-ring (bicyclic) bond motifs is 1. The van der Waals surface area contributed by atoms with Crippen molar-refractivity contribution in [1.29, 1.82) is 0 Å². The van der Waals surface area contributed by atoms with Crippen LogP contribution in [0.1, 0.15) is 13.3 Å². The fourth-order valence-corrected chi connectivity index (χ4v) is 2.77. The quantitative estimate of drug-likeness (QED) is 0.347.